The predicted molar refractivity (Wildman–Crippen MR) is 58.1 cm³/mol. The van der Waals surface area contributed by atoms with Crippen molar-refractivity contribution in [1.82, 2.24) is 0 Å². The number of halogens is 2. The van der Waals surface area contributed by atoms with E-state index >= 15 is 0 Å². The zero-order chi connectivity index (χ0) is 12.8. The number of hydrogen-bond acceptors (Lipinski definition) is 3. The van der Waals surface area contributed by atoms with Gasteiger partial charge in [-0.2, -0.15) is 0 Å². The van der Waals surface area contributed by atoms with Gasteiger partial charge >= 0.3 is 0 Å². The molecule has 0 fully saturated rings. The van der Waals surface area contributed by atoms with Gasteiger partial charge in [0.1, 0.15) is 18.2 Å². The normalized spacial score (nSPS) is 10.6. The Hall–Kier alpha value is -1.33. The predicted octanol–water partition coefficient (Wildman–Crippen LogP) is 2.12. The van der Waals surface area contributed by atoms with Crippen LogP contribution in [0.3, 0.4) is 0 Å². The summed E-state index contributed by atoms with van der Waals surface area (Å²) >= 11 is 0. The number of carbonyl (C=O) groups excluding carboxylic acids is 1. The molecule has 94 valence electrons. The standard InChI is InChI=1S/C12H14F2O3/c1-8-3-4-9(13)11(12(8)14)10(15)7-17-6-5-16-2/h3-4H,5-7H2,1-2H3. The minimum absolute atomic E-state index is 0.206. The van der Waals surface area contributed by atoms with E-state index in [0.717, 1.165) is 6.07 Å². The maximum atomic E-state index is 13.5. The molecule has 0 radical (unpaired) electrons. The molecule has 1 aromatic rings. The number of ether oxygens (including phenoxy) is 2. The molecule has 0 aromatic heterocycles. The van der Waals surface area contributed by atoms with Crippen LogP contribution in [-0.2, 0) is 9.47 Å². The van der Waals surface area contributed by atoms with Crippen molar-refractivity contribution in [3.8, 4) is 0 Å². The van der Waals surface area contributed by atoms with Crippen LogP contribution in [0.5, 0.6) is 0 Å². The van der Waals surface area contributed by atoms with Crippen molar-refractivity contribution >= 4 is 5.78 Å². The number of hydrogen-bond donors (Lipinski definition) is 0. The van der Waals surface area contributed by atoms with E-state index in [1.807, 2.05) is 0 Å². The van der Waals surface area contributed by atoms with Crippen LogP contribution in [-0.4, -0.2) is 32.7 Å². The molecule has 0 aliphatic heterocycles. The van der Waals surface area contributed by atoms with E-state index in [-0.39, 0.29) is 18.8 Å². The van der Waals surface area contributed by atoms with Gasteiger partial charge in [-0.05, 0) is 18.6 Å². The molecule has 0 aliphatic carbocycles. The molecule has 0 atom stereocenters. The second-order valence-electron chi connectivity index (χ2n) is 3.52. The summed E-state index contributed by atoms with van der Waals surface area (Å²) < 4.78 is 36.5. The van der Waals surface area contributed by atoms with Crippen LogP contribution in [0, 0.1) is 18.6 Å². The molecule has 1 aromatic carbocycles. The van der Waals surface area contributed by atoms with Crippen molar-refractivity contribution in [2.75, 3.05) is 26.9 Å². The molecule has 0 aliphatic rings. The number of benzene rings is 1. The highest BCUT2D eigenvalue weighted by atomic mass is 19.1. The van der Waals surface area contributed by atoms with Gasteiger partial charge in [0.05, 0.1) is 18.8 Å². The van der Waals surface area contributed by atoms with Crippen molar-refractivity contribution in [2.24, 2.45) is 0 Å². The van der Waals surface area contributed by atoms with E-state index in [9.17, 15) is 13.6 Å². The number of carbonyl (C=O) groups is 1. The van der Waals surface area contributed by atoms with Gasteiger partial charge < -0.3 is 9.47 Å². The highest BCUT2D eigenvalue weighted by Crippen LogP contribution is 2.16. The van der Waals surface area contributed by atoms with Gasteiger partial charge in [0.15, 0.2) is 5.78 Å². The molecular weight excluding hydrogens is 230 g/mol. The van der Waals surface area contributed by atoms with Crippen LogP contribution in [0.4, 0.5) is 8.78 Å². The zero-order valence-corrected chi connectivity index (χ0v) is 9.76. The number of rotatable bonds is 6. The first-order valence-corrected chi connectivity index (χ1v) is 5.12. The maximum Gasteiger partial charge on any atom is 0.194 e. The molecule has 0 heterocycles. The lowest BCUT2D eigenvalue weighted by molar-refractivity contribution is 0.0571. The molecule has 0 unspecified atom stereocenters. The van der Waals surface area contributed by atoms with E-state index in [2.05, 4.69) is 0 Å². The molecule has 0 bridgehead atoms. The fraction of sp³-hybridized carbons (Fsp3) is 0.417. The number of Topliss-reactive ketones (excluding diaryl/α,β-unsaturated/α-hetero) is 1. The molecule has 0 N–H and O–H groups in total. The quantitative estimate of drug-likeness (QED) is 0.568. The Morgan fingerprint density at radius 1 is 1.29 bits per heavy atom. The van der Waals surface area contributed by atoms with Crippen LogP contribution >= 0.6 is 0 Å². The Labute approximate surface area is 98.3 Å². The topological polar surface area (TPSA) is 35.5 Å². The molecular formula is C12H14F2O3. The Balaban J connectivity index is 2.72. The summed E-state index contributed by atoms with van der Waals surface area (Å²) in [5, 5.41) is 0. The van der Waals surface area contributed by atoms with Gasteiger partial charge in [-0.3, -0.25) is 4.79 Å². The molecule has 0 saturated carbocycles. The number of methoxy groups -OCH3 is 1. The number of ketones is 1. The maximum absolute atomic E-state index is 13.5. The lowest BCUT2D eigenvalue weighted by Crippen LogP contribution is -2.15. The molecule has 0 amide bonds. The largest absolute Gasteiger partial charge is 0.382 e. The highest BCUT2D eigenvalue weighted by molar-refractivity contribution is 5.97. The van der Waals surface area contributed by atoms with Gasteiger partial charge in [0.25, 0.3) is 0 Å². The van der Waals surface area contributed by atoms with E-state index in [1.54, 1.807) is 0 Å². The fourth-order valence-electron chi connectivity index (χ4n) is 1.29. The SMILES string of the molecule is COCCOCC(=O)c1c(F)ccc(C)c1F. The summed E-state index contributed by atoms with van der Waals surface area (Å²) in [4.78, 5) is 11.6. The van der Waals surface area contributed by atoms with Crippen LogP contribution in [0.25, 0.3) is 0 Å². The molecule has 17 heavy (non-hydrogen) atoms. The van der Waals surface area contributed by atoms with E-state index in [4.69, 9.17) is 9.47 Å². The van der Waals surface area contributed by atoms with Crippen LogP contribution in [0.2, 0.25) is 0 Å². The van der Waals surface area contributed by atoms with Crippen molar-refractivity contribution < 1.29 is 23.0 Å². The fourth-order valence-corrected chi connectivity index (χ4v) is 1.29. The molecule has 0 spiro atoms. The van der Waals surface area contributed by atoms with Crippen LogP contribution in [0.1, 0.15) is 15.9 Å². The van der Waals surface area contributed by atoms with Crippen molar-refractivity contribution in [3.05, 3.63) is 34.9 Å². The van der Waals surface area contributed by atoms with Gasteiger partial charge in [0, 0.05) is 7.11 Å². The third kappa shape index (κ3) is 3.57. The summed E-state index contributed by atoms with van der Waals surface area (Å²) in [7, 11) is 1.49. The summed E-state index contributed by atoms with van der Waals surface area (Å²) in [5.41, 5.74) is -0.311. The lowest BCUT2D eigenvalue weighted by atomic mass is 10.1. The zero-order valence-electron chi connectivity index (χ0n) is 9.76. The molecule has 1 rings (SSSR count). The van der Waals surface area contributed by atoms with Crippen LogP contribution < -0.4 is 0 Å². The van der Waals surface area contributed by atoms with E-state index in [0.29, 0.717) is 6.61 Å². The first-order chi connectivity index (χ1) is 8.07. The van der Waals surface area contributed by atoms with Crippen molar-refractivity contribution in [2.45, 2.75) is 6.92 Å². The first kappa shape index (κ1) is 13.7. The van der Waals surface area contributed by atoms with Crippen LogP contribution in [0.15, 0.2) is 12.1 Å². The van der Waals surface area contributed by atoms with Gasteiger partial charge in [0.2, 0.25) is 0 Å². The highest BCUT2D eigenvalue weighted by Gasteiger charge is 2.18. The average molecular weight is 244 g/mol. The summed E-state index contributed by atoms with van der Waals surface area (Å²) in [6, 6.07) is 2.36. The Bertz CT molecular complexity index is 405. The van der Waals surface area contributed by atoms with Gasteiger partial charge in [-0.15, -0.1) is 0 Å². The minimum Gasteiger partial charge on any atom is -0.382 e. The third-order valence-corrected chi connectivity index (χ3v) is 2.23. The van der Waals surface area contributed by atoms with Crippen molar-refractivity contribution in [3.63, 3.8) is 0 Å². The average Bonchev–Trinajstić information content (AvgIpc) is 2.30. The second-order valence-corrected chi connectivity index (χ2v) is 3.52. The smallest absolute Gasteiger partial charge is 0.194 e. The van der Waals surface area contributed by atoms with E-state index < -0.39 is 23.0 Å². The summed E-state index contributed by atoms with van der Waals surface area (Å²) in [6.07, 6.45) is 0. The third-order valence-electron chi connectivity index (χ3n) is 2.23. The first-order valence-electron chi connectivity index (χ1n) is 5.12. The second kappa shape index (κ2) is 6.42. The monoisotopic (exact) mass is 244 g/mol. The van der Waals surface area contributed by atoms with Gasteiger partial charge in [-0.25, -0.2) is 8.78 Å². The van der Waals surface area contributed by atoms with Gasteiger partial charge in [-0.1, -0.05) is 6.07 Å². The Kier molecular flexibility index (Phi) is 5.18. The van der Waals surface area contributed by atoms with Crippen molar-refractivity contribution in [1.29, 1.82) is 0 Å². The summed E-state index contributed by atoms with van der Waals surface area (Å²) in [6.45, 7) is 1.64. The summed E-state index contributed by atoms with van der Waals surface area (Å²) in [5.74, 6) is -2.40. The Morgan fingerprint density at radius 3 is 2.65 bits per heavy atom. The Morgan fingerprint density at radius 2 is 2.00 bits per heavy atom. The lowest BCUT2D eigenvalue weighted by Gasteiger charge is -2.07. The molecule has 5 heteroatoms. The minimum atomic E-state index is -0.867. The van der Waals surface area contributed by atoms with E-state index in [1.165, 1.54) is 20.1 Å². The molecule has 0 saturated heterocycles. The molecule has 3 nitrogen and oxygen atoms in total. The number of aryl methyl sites for hydroxylation is 1.